The number of oxime groups is 1. The average molecular weight is 373 g/mol. The minimum atomic E-state index is 0.634. The summed E-state index contributed by atoms with van der Waals surface area (Å²) in [6, 6.07) is 25.2. The molecule has 7 rings (SSSR count). The van der Waals surface area contributed by atoms with E-state index in [9.17, 15) is 5.21 Å². The number of nitrogens with zero attached hydrogens (tertiary/aromatic N) is 1. The lowest BCUT2D eigenvalue weighted by molar-refractivity contribution is 0.320. The lowest BCUT2D eigenvalue weighted by Crippen LogP contribution is -1.97. The van der Waals surface area contributed by atoms with Gasteiger partial charge in [-0.25, -0.2) is 0 Å². The van der Waals surface area contributed by atoms with Gasteiger partial charge in [-0.2, -0.15) is 0 Å². The molecule has 1 aliphatic rings. The third-order valence-corrected chi connectivity index (χ3v) is 6.19. The molecule has 0 aliphatic heterocycles. The Bertz CT molecular complexity index is 1540. The van der Waals surface area contributed by atoms with Crippen molar-refractivity contribution >= 4 is 49.3 Å². The molecule has 0 spiro atoms. The molecule has 0 saturated heterocycles. The Morgan fingerprint density at radius 3 is 1.48 bits per heavy atom. The smallest absolute Gasteiger partial charge is 0.118 e. The van der Waals surface area contributed by atoms with E-state index in [4.69, 9.17) is 0 Å². The molecular formula is C25H15N3O. The Morgan fingerprint density at radius 1 is 0.517 bits per heavy atom. The molecule has 2 heterocycles. The number of rotatable bonds is 0. The Kier molecular flexibility index (Phi) is 2.60. The first-order chi connectivity index (χ1) is 14.3. The number of aromatic nitrogens is 2. The highest BCUT2D eigenvalue weighted by atomic mass is 16.4. The number of nitrogens with one attached hydrogen (secondary N) is 2. The summed E-state index contributed by atoms with van der Waals surface area (Å²) in [7, 11) is 0. The van der Waals surface area contributed by atoms with E-state index < -0.39 is 0 Å². The lowest BCUT2D eigenvalue weighted by atomic mass is 10.0. The van der Waals surface area contributed by atoms with Crippen molar-refractivity contribution in [3.8, 4) is 11.1 Å². The number of fused-ring (bicyclic) bond motifs is 9. The maximum Gasteiger partial charge on any atom is 0.118 e. The highest BCUT2D eigenvalue weighted by Gasteiger charge is 2.28. The SMILES string of the molecule is ON=C1c2cc3c(cc2-c2cc4[nH]c5ccccc5c4cc21)[nH]c1ccccc13. The van der Waals surface area contributed by atoms with Crippen molar-refractivity contribution < 1.29 is 5.21 Å². The lowest BCUT2D eigenvalue weighted by Gasteiger charge is -2.01. The van der Waals surface area contributed by atoms with Gasteiger partial charge in [0.1, 0.15) is 5.71 Å². The molecule has 3 N–H and O–H groups in total. The van der Waals surface area contributed by atoms with Crippen LogP contribution in [-0.4, -0.2) is 20.9 Å². The zero-order chi connectivity index (χ0) is 19.1. The van der Waals surface area contributed by atoms with Gasteiger partial charge in [0.25, 0.3) is 0 Å². The molecule has 29 heavy (non-hydrogen) atoms. The van der Waals surface area contributed by atoms with Gasteiger partial charge in [-0.15, -0.1) is 0 Å². The molecule has 0 saturated carbocycles. The molecule has 1 aliphatic carbocycles. The summed E-state index contributed by atoms with van der Waals surface area (Å²) in [6.45, 7) is 0. The molecule has 0 unspecified atom stereocenters. The summed E-state index contributed by atoms with van der Waals surface area (Å²) in [6.07, 6.45) is 0. The highest BCUT2D eigenvalue weighted by Crippen LogP contribution is 2.43. The molecule has 0 fully saturated rings. The van der Waals surface area contributed by atoms with Gasteiger partial charge in [-0.05, 0) is 47.5 Å². The first-order valence-electron chi connectivity index (χ1n) is 9.64. The van der Waals surface area contributed by atoms with Crippen molar-refractivity contribution in [1.29, 1.82) is 0 Å². The molecule has 4 heteroatoms. The molecule has 0 radical (unpaired) electrons. The fourth-order valence-electron chi connectivity index (χ4n) is 4.89. The maximum atomic E-state index is 9.90. The predicted molar refractivity (Wildman–Crippen MR) is 118 cm³/mol. The predicted octanol–water partition coefficient (Wildman–Crippen LogP) is 6.16. The number of aromatic amines is 2. The molecule has 136 valence electrons. The van der Waals surface area contributed by atoms with Crippen molar-refractivity contribution in [3.63, 3.8) is 0 Å². The molecule has 0 bridgehead atoms. The van der Waals surface area contributed by atoms with Gasteiger partial charge >= 0.3 is 0 Å². The molecular weight excluding hydrogens is 358 g/mol. The topological polar surface area (TPSA) is 64.2 Å². The Labute approximate surface area is 165 Å². The number of hydrogen-bond acceptors (Lipinski definition) is 2. The Balaban J connectivity index is 1.60. The third-order valence-electron chi connectivity index (χ3n) is 6.19. The standard InChI is InChI=1S/C25H15N3O/c29-28-25-19-9-17-13-5-1-3-7-21(13)26-23(17)11-15(19)16-12-24-18(10-20(16)25)14-6-2-4-8-22(14)27-24/h1-12,26-27,29H. The zero-order valence-corrected chi connectivity index (χ0v) is 15.3. The van der Waals surface area contributed by atoms with Crippen LogP contribution in [0.4, 0.5) is 0 Å². The van der Waals surface area contributed by atoms with Crippen molar-refractivity contribution in [2.45, 2.75) is 0 Å². The van der Waals surface area contributed by atoms with E-state index in [1.807, 2.05) is 24.3 Å². The fraction of sp³-hybridized carbons (Fsp3) is 0. The largest absolute Gasteiger partial charge is 0.410 e. The summed E-state index contributed by atoms with van der Waals surface area (Å²) in [5, 5.41) is 18.3. The second kappa shape index (κ2) is 5.06. The van der Waals surface area contributed by atoms with Crippen molar-refractivity contribution in [2.24, 2.45) is 5.16 Å². The summed E-state index contributed by atoms with van der Waals surface area (Å²) in [4.78, 5) is 7.04. The van der Waals surface area contributed by atoms with Crippen LogP contribution in [0.5, 0.6) is 0 Å². The summed E-state index contributed by atoms with van der Waals surface area (Å²) in [5.41, 5.74) is 9.15. The number of benzene rings is 4. The van der Waals surface area contributed by atoms with Crippen LogP contribution < -0.4 is 0 Å². The Morgan fingerprint density at radius 2 is 1.00 bits per heavy atom. The van der Waals surface area contributed by atoms with Crippen molar-refractivity contribution in [3.05, 3.63) is 83.9 Å². The summed E-state index contributed by atoms with van der Waals surface area (Å²) in [5.74, 6) is 0. The molecule has 0 amide bonds. The van der Waals surface area contributed by atoms with E-state index in [1.54, 1.807) is 0 Å². The van der Waals surface area contributed by atoms with E-state index in [1.165, 1.54) is 10.8 Å². The second-order valence-corrected chi connectivity index (χ2v) is 7.68. The van der Waals surface area contributed by atoms with E-state index in [2.05, 4.69) is 63.7 Å². The minimum absolute atomic E-state index is 0.634. The van der Waals surface area contributed by atoms with Gasteiger partial charge in [-0.3, -0.25) is 0 Å². The number of hydrogen-bond donors (Lipinski definition) is 3. The van der Waals surface area contributed by atoms with Gasteiger partial charge in [0.05, 0.1) is 0 Å². The molecule has 6 aromatic rings. The van der Waals surface area contributed by atoms with Crippen molar-refractivity contribution in [1.82, 2.24) is 9.97 Å². The van der Waals surface area contributed by atoms with E-state index in [-0.39, 0.29) is 0 Å². The Hall–Kier alpha value is -4.05. The first-order valence-corrected chi connectivity index (χ1v) is 9.64. The van der Waals surface area contributed by atoms with E-state index in [0.29, 0.717) is 5.71 Å². The van der Waals surface area contributed by atoms with Crippen LogP contribution in [0.25, 0.3) is 54.7 Å². The normalized spacial score (nSPS) is 12.9. The average Bonchev–Trinajstić information content (AvgIpc) is 3.39. The number of para-hydroxylation sites is 2. The molecule has 0 atom stereocenters. The monoisotopic (exact) mass is 373 g/mol. The third kappa shape index (κ3) is 1.81. The second-order valence-electron chi connectivity index (χ2n) is 7.68. The molecule has 2 aromatic heterocycles. The first kappa shape index (κ1) is 14.9. The van der Waals surface area contributed by atoms with Gasteiger partial charge in [-0.1, -0.05) is 41.6 Å². The molecule has 4 aromatic carbocycles. The quantitative estimate of drug-likeness (QED) is 0.216. The summed E-state index contributed by atoms with van der Waals surface area (Å²) >= 11 is 0. The van der Waals surface area contributed by atoms with Gasteiger partial charge in [0.15, 0.2) is 0 Å². The summed E-state index contributed by atoms with van der Waals surface area (Å²) < 4.78 is 0. The van der Waals surface area contributed by atoms with E-state index in [0.717, 1.165) is 55.1 Å². The van der Waals surface area contributed by atoms with Crippen LogP contribution in [0, 0.1) is 0 Å². The van der Waals surface area contributed by atoms with Crippen LogP contribution in [0.3, 0.4) is 0 Å². The van der Waals surface area contributed by atoms with E-state index >= 15 is 0 Å². The fourth-order valence-corrected chi connectivity index (χ4v) is 4.89. The van der Waals surface area contributed by atoms with Crippen LogP contribution in [0.15, 0.2) is 78.0 Å². The maximum absolute atomic E-state index is 9.90. The van der Waals surface area contributed by atoms with Crippen LogP contribution in [-0.2, 0) is 0 Å². The van der Waals surface area contributed by atoms with Crippen LogP contribution >= 0.6 is 0 Å². The zero-order valence-electron chi connectivity index (χ0n) is 15.3. The van der Waals surface area contributed by atoms with Crippen LogP contribution in [0.2, 0.25) is 0 Å². The minimum Gasteiger partial charge on any atom is -0.410 e. The van der Waals surface area contributed by atoms with Crippen molar-refractivity contribution in [2.75, 3.05) is 0 Å². The van der Waals surface area contributed by atoms with Gasteiger partial charge < -0.3 is 15.2 Å². The van der Waals surface area contributed by atoms with Crippen LogP contribution in [0.1, 0.15) is 11.1 Å². The molecule has 4 nitrogen and oxygen atoms in total. The van der Waals surface area contributed by atoms with Gasteiger partial charge in [0.2, 0.25) is 0 Å². The van der Waals surface area contributed by atoms with Gasteiger partial charge in [0, 0.05) is 54.7 Å². The number of H-pyrrole nitrogens is 2. The highest BCUT2D eigenvalue weighted by molar-refractivity contribution is 6.29.